The zero-order chi connectivity index (χ0) is 8.97. The molecule has 0 aromatic carbocycles. The molecule has 2 atom stereocenters. The van der Waals surface area contributed by atoms with Crippen molar-refractivity contribution in [1.82, 2.24) is 10.2 Å². The van der Waals surface area contributed by atoms with Crippen LogP contribution in [0, 0.1) is 0 Å². The molecule has 0 aromatic heterocycles. The fourth-order valence-electron chi connectivity index (χ4n) is 2.23. The fourth-order valence-corrected chi connectivity index (χ4v) is 2.23. The lowest BCUT2D eigenvalue weighted by Gasteiger charge is -2.40. The third-order valence-corrected chi connectivity index (χ3v) is 2.64. The SMILES string of the molecule is CC.CN1CC2CCCC(C1)N2. The van der Waals surface area contributed by atoms with Crippen LogP contribution < -0.4 is 5.32 Å². The summed E-state index contributed by atoms with van der Waals surface area (Å²) in [6.07, 6.45) is 4.22. The number of hydrogen-bond donors (Lipinski definition) is 1. The van der Waals surface area contributed by atoms with Gasteiger partial charge in [0.05, 0.1) is 0 Å². The van der Waals surface area contributed by atoms with Crippen molar-refractivity contribution in [3.05, 3.63) is 0 Å². The normalized spacial score (nSPS) is 35.2. The van der Waals surface area contributed by atoms with E-state index in [0.29, 0.717) is 0 Å². The summed E-state index contributed by atoms with van der Waals surface area (Å²) in [5.74, 6) is 0. The summed E-state index contributed by atoms with van der Waals surface area (Å²) in [7, 11) is 2.23. The molecule has 0 radical (unpaired) electrons. The van der Waals surface area contributed by atoms with Gasteiger partial charge in [0, 0.05) is 25.2 Å². The topological polar surface area (TPSA) is 15.3 Å². The number of hydrogen-bond acceptors (Lipinski definition) is 2. The number of rotatable bonds is 0. The zero-order valence-corrected chi connectivity index (χ0v) is 8.64. The molecular formula is C10H22N2. The summed E-state index contributed by atoms with van der Waals surface area (Å²) in [6, 6.07) is 1.61. The highest BCUT2D eigenvalue weighted by atomic mass is 15.2. The summed E-state index contributed by atoms with van der Waals surface area (Å²) >= 11 is 0. The van der Waals surface area contributed by atoms with E-state index in [-0.39, 0.29) is 0 Å². The van der Waals surface area contributed by atoms with E-state index in [1.165, 1.54) is 32.4 Å². The standard InChI is InChI=1S/C8H16N2.C2H6/c1-10-5-7-3-2-4-8(6-10)9-7;1-2/h7-9H,2-6H2,1H3;1-2H3. The van der Waals surface area contributed by atoms with Crippen LogP contribution in [-0.2, 0) is 0 Å². The molecule has 2 rings (SSSR count). The van der Waals surface area contributed by atoms with Crippen molar-refractivity contribution in [2.24, 2.45) is 0 Å². The Balaban J connectivity index is 0.000000336. The predicted molar refractivity (Wildman–Crippen MR) is 53.4 cm³/mol. The second-order valence-electron chi connectivity index (χ2n) is 3.71. The number of likely N-dealkylation sites (tertiary alicyclic amines) is 1. The largest absolute Gasteiger partial charge is 0.309 e. The molecule has 2 aliphatic heterocycles. The van der Waals surface area contributed by atoms with Crippen molar-refractivity contribution in [3.63, 3.8) is 0 Å². The summed E-state index contributed by atoms with van der Waals surface area (Å²) in [5, 5.41) is 3.64. The summed E-state index contributed by atoms with van der Waals surface area (Å²) in [4.78, 5) is 2.45. The molecule has 2 saturated heterocycles. The number of piperidine rings is 1. The van der Waals surface area contributed by atoms with Crippen LogP contribution in [0.1, 0.15) is 33.1 Å². The van der Waals surface area contributed by atoms with Gasteiger partial charge in [0.1, 0.15) is 0 Å². The average Bonchev–Trinajstić information content (AvgIpc) is 2.07. The van der Waals surface area contributed by atoms with E-state index < -0.39 is 0 Å². The molecule has 2 fully saturated rings. The molecule has 2 heteroatoms. The van der Waals surface area contributed by atoms with Crippen molar-refractivity contribution in [2.75, 3.05) is 20.1 Å². The summed E-state index contributed by atoms with van der Waals surface area (Å²) in [5.41, 5.74) is 0. The molecule has 2 aliphatic rings. The molecule has 0 amide bonds. The van der Waals surface area contributed by atoms with Crippen LogP contribution >= 0.6 is 0 Å². The van der Waals surface area contributed by atoms with Gasteiger partial charge in [-0.3, -0.25) is 0 Å². The molecular weight excluding hydrogens is 148 g/mol. The van der Waals surface area contributed by atoms with Gasteiger partial charge in [-0.1, -0.05) is 20.3 Å². The highest BCUT2D eigenvalue weighted by molar-refractivity contribution is 4.88. The molecule has 1 N–H and O–H groups in total. The minimum atomic E-state index is 0.803. The molecule has 0 aliphatic carbocycles. The van der Waals surface area contributed by atoms with Crippen LogP contribution in [0.5, 0.6) is 0 Å². The van der Waals surface area contributed by atoms with E-state index >= 15 is 0 Å². The van der Waals surface area contributed by atoms with Crippen LogP contribution in [-0.4, -0.2) is 37.1 Å². The highest BCUT2D eigenvalue weighted by Crippen LogP contribution is 2.17. The number of fused-ring (bicyclic) bond motifs is 2. The van der Waals surface area contributed by atoms with E-state index in [1.807, 2.05) is 13.8 Å². The van der Waals surface area contributed by atoms with Gasteiger partial charge in [0.25, 0.3) is 0 Å². The van der Waals surface area contributed by atoms with Crippen molar-refractivity contribution in [3.8, 4) is 0 Å². The van der Waals surface area contributed by atoms with Gasteiger partial charge in [-0.15, -0.1) is 0 Å². The van der Waals surface area contributed by atoms with E-state index in [9.17, 15) is 0 Å². The highest BCUT2D eigenvalue weighted by Gasteiger charge is 2.27. The van der Waals surface area contributed by atoms with Crippen LogP contribution in [0.2, 0.25) is 0 Å². The lowest BCUT2D eigenvalue weighted by Crippen LogP contribution is -2.57. The number of nitrogens with one attached hydrogen (secondary N) is 1. The Morgan fingerprint density at radius 2 is 1.58 bits per heavy atom. The first-order chi connectivity index (χ1) is 5.84. The quantitative estimate of drug-likeness (QED) is 0.592. The maximum atomic E-state index is 3.64. The maximum absolute atomic E-state index is 3.64. The van der Waals surface area contributed by atoms with E-state index in [1.54, 1.807) is 0 Å². The minimum absolute atomic E-state index is 0.803. The molecule has 0 saturated carbocycles. The molecule has 2 heterocycles. The van der Waals surface area contributed by atoms with Crippen molar-refractivity contribution >= 4 is 0 Å². The zero-order valence-electron chi connectivity index (χ0n) is 8.64. The smallest absolute Gasteiger partial charge is 0.0198 e. The Labute approximate surface area is 76.3 Å². The molecule has 0 aromatic rings. The molecule has 0 spiro atoms. The molecule has 72 valence electrons. The monoisotopic (exact) mass is 170 g/mol. The second-order valence-corrected chi connectivity index (χ2v) is 3.71. The van der Waals surface area contributed by atoms with E-state index in [2.05, 4.69) is 17.3 Å². The first-order valence-corrected chi connectivity index (χ1v) is 5.29. The van der Waals surface area contributed by atoms with Crippen LogP contribution in [0.25, 0.3) is 0 Å². The fraction of sp³-hybridized carbons (Fsp3) is 1.00. The lowest BCUT2D eigenvalue weighted by atomic mass is 9.95. The Hall–Kier alpha value is -0.0800. The Morgan fingerprint density at radius 3 is 2.08 bits per heavy atom. The van der Waals surface area contributed by atoms with Gasteiger partial charge in [0.2, 0.25) is 0 Å². The van der Waals surface area contributed by atoms with Crippen molar-refractivity contribution in [1.29, 1.82) is 0 Å². The van der Waals surface area contributed by atoms with Gasteiger partial charge >= 0.3 is 0 Å². The number of piperazine rings is 1. The lowest BCUT2D eigenvalue weighted by molar-refractivity contribution is 0.150. The van der Waals surface area contributed by atoms with E-state index in [0.717, 1.165) is 12.1 Å². The minimum Gasteiger partial charge on any atom is -0.309 e. The third kappa shape index (κ3) is 2.46. The summed E-state index contributed by atoms with van der Waals surface area (Å²) < 4.78 is 0. The number of likely N-dealkylation sites (N-methyl/N-ethyl adjacent to an activating group) is 1. The maximum Gasteiger partial charge on any atom is 0.0198 e. The molecule has 2 unspecified atom stereocenters. The van der Waals surface area contributed by atoms with Crippen LogP contribution in [0.3, 0.4) is 0 Å². The second kappa shape index (κ2) is 4.83. The van der Waals surface area contributed by atoms with Gasteiger partial charge in [-0.25, -0.2) is 0 Å². The molecule has 2 bridgehead atoms. The van der Waals surface area contributed by atoms with Gasteiger partial charge in [-0.05, 0) is 19.9 Å². The number of nitrogens with zero attached hydrogens (tertiary/aromatic N) is 1. The van der Waals surface area contributed by atoms with Crippen LogP contribution in [0.15, 0.2) is 0 Å². The summed E-state index contributed by atoms with van der Waals surface area (Å²) in [6.45, 7) is 6.52. The Morgan fingerprint density at radius 1 is 1.08 bits per heavy atom. The Bertz CT molecular complexity index is 109. The van der Waals surface area contributed by atoms with E-state index in [4.69, 9.17) is 0 Å². The van der Waals surface area contributed by atoms with Crippen molar-refractivity contribution in [2.45, 2.75) is 45.2 Å². The molecule has 12 heavy (non-hydrogen) atoms. The van der Waals surface area contributed by atoms with Gasteiger partial charge < -0.3 is 10.2 Å². The first-order valence-electron chi connectivity index (χ1n) is 5.29. The van der Waals surface area contributed by atoms with Crippen molar-refractivity contribution < 1.29 is 0 Å². The first kappa shape index (κ1) is 10.0. The third-order valence-electron chi connectivity index (χ3n) is 2.64. The van der Waals surface area contributed by atoms with Crippen LogP contribution in [0.4, 0.5) is 0 Å². The average molecular weight is 170 g/mol. The predicted octanol–water partition coefficient (Wildman–Crippen LogP) is 1.47. The molecule has 2 nitrogen and oxygen atoms in total. The van der Waals surface area contributed by atoms with Gasteiger partial charge in [-0.2, -0.15) is 0 Å². The van der Waals surface area contributed by atoms with Gasteiger partial charge in [0.15, 0.2) is 0 Å². The Kier molecular flexibility index (Phi) is 4.02.